The Morgan fingerprint density at radius 3 is 2.43 bits per heavy atom. The van der Waals surface area contributed by atoms with Gasteiger partial charge < -0.3 is 15.7 Å². The number of aliphatic hydroxyl groups is 1. The van der Waals surface area contributed by atoms with Crippen molar-refractivity contribution < 1.29 is 23.1 Å². The van der Waals surface area contributed by atoms with Gasteiger partial charge in [0.05, 0.1) is 11.4 Å². The highest BCUT2D eigenvalue weighted by Gasteiger charge is 2.28. The first-order valence-electron chi connectivity index (χ1n) is 7.24. The van der Waals surface area contributed by atoms with E-state index in [1.165, 1.54) is 4.31 Å². The SMILES string of the molecule is O=C(NCCCO)C(=O)Nc1ccc(N2CCCS2(=O)=O)cc1. The molecule has 0 saturated carbocycles. The lowest BCUT2D eigenvalue weighted by molar-refractivity contribution is -0.136. The van der Waals surface area contributed by atoms with Crippen molar-refractivity contribution in [3.8, 4) is 0 Å². The zero-order valence-corrected chi connectivity index (χ0v) is 13.3. The second-order valence-electron chi connectivity index (χ2n) is 5.08. The zero-order valence-electron chi connectivity index (χ0n) is 12.5. The Balaban J connectivity index is 1.95. The minimum absolute atomic E-state index is 0.0667. The standard InChI is InChI=1S/C14H19N3O5S/c18-9-1-7-15-13(19)14(20)16-11-3-5-12(6-4-11)17-8-2-10-23(17,21)22/h3-6,18H,1-2,7-10H2,(H,15,19)(H,16,20). The predicted octanol–water partition coefficient (Wildman–Crippen LogP) is -0.336. The maximum atomic E-state index is 11.8. The second-order valence-corrected chi connectivity index (χ2v) is 7.09. The number of carbonyl (C=O) groups is 2. The maximum absolute atomic E-state index is 11.8. The highest BCUT2D eigenvalue weighted by atomic mass is 32.2. The molecule has 0 aliphatic carbocycles. The molecule has 8 nitrogen and oxygen atoms in total. The molecule has 1 fully saturated rings. The molecule has 1 aliphatic heterocycles. The molecule has 0 bridgehead atoms. The van der Waals surface area contributed by atoms with Gasteiger partial charge in [-0.2, -0.15) is 0 Å². The summed E-state index contributed by atoms with van der Waals surface area (Å²) in [5.74, 6) is -1.46. The first kappa shape index (κ1) is 17.2. The molecule has 9 heteroatoms. The minimum atomic E-state index is -3.24. The van der Waals surface area contributed by atoms with E-state index in [4.69, 9.17) is 5.11 Å². The van der Waals surface area contributed by atoms with E-state index in [0.717, 1.165) is 0 Å². The number of hydrogen-bond acceptors (Lipinski definition) is 5. The van der Waals surface area contributed by atoms with Crippen molar-refractivity contribution in [1.29, 1.82) is 0 Å². The summed E-state index contributed by atoms with van der Waals surface area (Å²) in [4.78, 5) is 23.2. The van der Waals surface area contributed by atoms with Gasteiger partial charge in [0.25, 0.3) is 0 Å². The van der Waals surface area contributed by atoms with Crippen molar-refractivity contribution in [3.05, 3.63) is 24.3 Å². The molecule has 1 aliphatic rings. The minimum Gasteiger partial charge on any atom is -0.396 e. The van der Waals surface area contributed by atoms with Crippen LogP contribution < -0.4 is 14.9 Å². The van der Waals surface area contributed by atoms with Crippen molar-refractivity contribution in [2.45, 2.75) is 12.8 Å². The number of carbonyl (C=O) groups excluding carboxylic acids is 2. The van der Waals surface area contributed by atoms with Crippen molar-refractivity contribution >= 4 is 33.2 Å². The normalized spacial score (nSPS) is 16.1. The number of hydrogen-bond donors (Lipinski definition) is 3. The molecule has 3 N–H and O–H groups in total. The van der Waals surface area contributed by atoms with Gasteiger partial charge in [-0.25, -0.2) is 8.42 Å². The van der Waals surface area contributed by atoms with Gasteiger partial charge in [0.2, 0.25) is 10.0 Å². The molecule has 1 saturated heterocycles. The molecule has 1 heterocycles. The average molecular weight is 341 g/mol. The van der Waals surface area contributed by atoms with Gasteiger partial charge in [0.15, 0.2) is 0 Å². The van der Waals surface area contributed by atoms with E-state index in [0.29, 0.717) is 30.8 Å². The van der Waals surface area contributed by atoms with E-state index >= 15 is 0 Å². The Kier molecular flexibility index (Phi) is 5.56. The Morgan fingerprint density at radius 1 is 1.17 bits per heavy atom. The first-order valence-corrected chi connectivity index (χ1v) is 8.85. The molecule has 2 amide bonds. The van der Waals surface area contributed by atoms with Gasteiger partial charge in [-0.3, -0.25) is 13.9 Å². The Hall–Kier alpha value is -2.13. The van der Waals surface area contributed by atoms with Crippen LogP contribution in [0.2, 0.25) is 0 Å². The molecule has 0 spiro atoms. The van der Waals surface area contributed by atoms with E-state index in [2.05, 4.69) is 10.6 Å². The highest BCUT2D eigenvalue weighted by molar-refractivity contribution is 7.93. The Morgan fingerprint density at radius 2 is 1.87 bits per heavy atom. The monoisotopic (exact) mass is 341 g/mol. The number of sulfonamides is 1. The Bertz CT molecular complexity index is 672. The molecule has 0 radical (unpaired) electrons. The summed E-state index contributed by atoms with van der Waals surface area (Å²) in [5, 5.41) is 13.4. The van der Waals surface area contributed by atoms with E-state index in [-0.39, 0.29) is 18.9 Å². The number of nitrogens with zero attached hydrogens (tertiary/aromatic N) is 1. The Labute approximate surface area is 134 Å². The summed E-state index contributed by atoms with van der Waals surface area (Å²) < 4.78 is 25.0. The largest absolute Gasteiger partial charge is 0.396 e. The van der Waals surface area contributed by atoms with Crippen molar-refractivity contribution in [1.82, 2.24) is 5.32 Å². The van der Waals surface area contributed by atoms with Crippen LogP contribution >= 0.6 is 0 Å². The summed E-state index contributed by atoms with van der Waals surface area (Å²) in [5.41, 5.74) is 0.931. The lowest BCUT2D eigenvalue weighted by Gasteiger charge is -2.17. The maximum Gasteiger partial charge on any atom is 0.313 e. The van der Waals surface area contributed by atoms with Crippen LogP contribution in [0.3, 0.4) is 0 Å². The van der Waals surface area contributed by atoms with E-state index < -0.39 is 21.8 Å². The number of rotatable bonds is 5. The third-order valence-electron chi connectivity index (χ3n) is 3.34. The summed E-state index contributed by atoms with van der Waals surface area (Å²) >= 11 is 0. The molecule has 23 heavy (non-hydrogen) atoms. The third kappa shape index (κ3) is 4.42. The molecule has 0 atom stereocenters. The van der Waals surface area contributed by atoms with Crippen LogP contribution in [-0.4, -0.2) is 50.8 Å². The molecule has 1 aromatic carbocycles. The van der Waals surface area contributed by atoms with Gasteiger partial charge in [-0.15, -0.1) is 0 Å². The average Bonchev–Trinajstić information content (AvgIpc) is 2.87. The first-order chi connectivity index (χ1) is 10.9. The number of nitrogens with one attached hydrogen (secondary N) is 2. The zero-order chi connectivity index (χ0) is 16.9. The van der Waals surface area contributed by atoms with E-state index in [1.54, 1.807) is 24.3 Å². The smallest absolute Gasteiger partial charge is 0.313 e. The number of benzene rings is 1. The van der Waals surface area contributed by atoms with Gasteiger partial charge in [-0.1, -0.05) is 0 Å². The number of amides is 2. The fourth-order valence-electron chi connectivity index (χ4n) is 2.19. The number of anilines is 2. The van der Waals surface area contributed by atoms with Crippen LogP contribution in [-0.2, 0) is 19.6 Å². The highest BCUT2D eigenvalue weighted by Crippen LogP contribution is 2.25. The van der Waals surface area contributed by atoms with Crippen molar-refractivity contribution in [2.75, 3.05) is 35.1 Å². The van der Waals surface area contributed by atoms with Crippen molar-refractivity contribution in [2.24, 2.45) is 0 Å². The number of aliphatic hydroxyl groups excluding tert-OH is 1. The lowest BCUT2D eigenvalue weighted by Crippen LogP contribution is -2.36. The van der Waals surface area contributed by atoms with Crippen LogP contribution in [0.5, 0.6) is 0 Å². The van der Waals surface area contributed by atoms with E-state index in [1.807, 2.05) is 0 Å². The molecular weight excluding hydrogens is 322 g/mol. The predicted molar refractivity (Wildman–Crippen MR) is 85.5 cm³/mol. The van der Waals surface area contributed by atoms with Crippen LogP contribution in [0.15, 0.2) is 24.3 Å². The fourth-order valence-corrected chi connectivity index (χ4v) is 3.75. The quantitative estimate of drug-likeness (QED) is 0.501. The van der Waals surface area contributed by atoms with Gasteiger partial charge >= 0.3 is 11.8 Å². The van der Waals surface area contributed by atoms with Gasteiger partial charge in [-0.05, 0) is 37.1 Å². The molecule has 126 valence electrons. The van der Waals surface area contributed by atoms with Crippen LogP contribution in [0, 0.1) is 0 Å². The molecule has 1 aromatic rings. The molecular formula is C14H19N3O5S. The summed E-state index contributed by atoms with van der Waals surface area (Å²) in [7, 11) is -3.24. The van der Waals surface area contributed by atoms with Gasteiger partial charge in [0.1, 0.15) is 0 Å². The van der Waals surface area contributed by atoms with Crippen LogP contribution in [0.25, 0.3) is 0 Å². The fraction of sp³-hybridized carbons (Fsp3) is 0.429. The topological polar surface area (TPSA) is 116 Å². The molecule has 2 rings (SSSR count). The second kappa shape index (κ2) is 7.42. The van der Waals surface area contributed by atoms with Crippen molar-refractivity contribution in [3.63, 3.8) is 0 Å². The third-order valence-corrected chi connectivity index (χ3v) is 5.21. The molecule has 0 aromatic heterocycles. The van der Waals surface area contributed by atoms with Crippen LogP contribution in [0.1, 0.15) is 12.8 Å². The summed E-state index contributed by atoms with van der Waals surface area (Å²) in [6, 6.07) is 6.26. The lowest BCUT2D eigenvalue weighted by atomic mass is 10.2. The van der Waals surface area contributed by atoms with Gasteiger partial charge in [0, 0.05) is 25.4 Å². The summed E-state index contributed by atoms with van der Waals surface area (Å²) in [6.45, 7) is 0.596. The van der Waals surface area contributed by atoms with E-state index in [9.17, 15) is 18.0 Å². The summed E-state index contributed by atoms with van der Waals surface area (Å²) in [6.07, 6.45) is 0.965. The van der Waals surface area contributed by atoms with Crippen LogP contribution in [0.4, 0.5) is 11.4 Å². The molecule has 0 unspecified atom stereocenters.